The lowest BCUT2D eigenvalue weighted by atomic mass is 9.99. The van der Waals surface area contributed by atoms with Gasteiger partial charge in [0.2, 0.25) is 15.9 Å². The van der Waals surface area contributed by atoms with Crippen LogP contribution in [0.2, 0.25) is 5.02 Å². The van der Waals surface area contributed by atoms with Gasteiger partial charge in [0.05, 0.1) is 11.7 Å². The Labute approximate surface area is 123 Å². The molecule has 20 heavy (non-hydrogen) atoms. The van der Waals surface area contributed by atoms with Gasteiger partial charge in [-0.15, -0.1) is 0 Å². The lowest BCUT2D eigenvalue weighted by Crippen LogP contribution is -2.44. The van der Waals surface area contributed by atoms with E-state index < -0.39 is 21.8 Å². The molecule has 1 heterocycles. The van der Waals surface area contributed by atoms with Gasteiger partial charge in [-0.25, -0.2) is 12.7 Å². The second-order valence-electron chi connectivity index (χ2n) is 4.99. The van der Waals surface area contributed by atoms with Crippen molar-refractivity contribution in [2.45, 2.75) is 18.6 Å². The number of sulfonamides is 1. The molecule has 1 saturated heterocycles. The molecule has 110 valence electrons. The zero-order valence-electron chi connectivity index (χ0n) is 11.0. The van der Waals surface area contributed by atoms with E-state index in [1.54, 1.807) is 24.3 Å². The Hall–Kier alpha value is -1.11. The molecule has 7 heteroatoms. The van der Waals surface area contributed by atoms with Crippen molar-refractivity contribution in [3.63, 3.8) is 0 Å². The van der Waals surface area contributed by atoms with Gasteiger partial charge in [0.1, 0.15) is 0 Å². The number of hydrogen-bond donors (Lipinski definition) is 1. The number of piperidine rings is 1. The lowest BCUT2D eigenvalue weighted by Gasteiger charge is -2.30. The molecule has 1 fully saturated rings. The number of benzene rings is 1. The number of primary amides is 1. The highest BCUT2D eigenvalue weighted by Crippen LogP contribution is 2.22. The van der Waals surface area contributed by atoms with E-state index in [0.29, 0.717) is 30.0 Å². The zero-order chi connectivity index (χ0) is 14.8. The second-order valence-corrected chi connectivity index (χ2v) is 7.39. The highest BCUT2D eigenvalue weighted by Gasteiger charge is 2.31. The summed E-state index contributed by atoms with van der Waals surface area (Å²) in [5.41, 5.74) is 5.90. The van der Waals surface area contributed by atoms with Crippen molar-refractivity contribution < 1.29 is 13.2 Å². The third kappa shape index (κ3) is 3.71. The number of hydrogen-bond acceptors (Lipinski definition) is 3. The maximum atomic E-state index is 12.4. The fourth-order valence-electron chi connectivity index (χ4n) is 2.36. The monoisotopic (exact) mass is 316 g/mol. The fourth-order valence-corrected chi connectivity index (χ4v) is 4.17. The van der Waals surface area contributed by atoms with Crippen LogP contribution in [0, 0.1) is 5.92 Å². The van der Waals surface area contributed by atoms with Gasteiger partial charge in [-0.2, -0.15) is 0 Å². The van der Waals surface area contributed by atoms with Crippen LogP contribution < -0.4 is 5.73 Å². The lowest BCUT2D eigenvalue weighted by molar-refractivity contribution is -0.122. The number of halogens is 1. The molecular weight excluding hydrogens is 300 g/mol. The van der Waals surface area contributed by atoms with Gasteiger partial charge in [0.25, 0.3) is 0 Å². The quantitative estimate of drug-likeness (QED) is 0.911. The summed E-state index contributed by atoms with van der Waals surface area (Å²) >= 11 is 5.85. The van der Waals surface area contributed by atoms with Crippen molar-refractivity contribution in [1.29, 1.82) is 0 Å². The number of nitrogens with two attached hydrogens (primary N) is 1. The second kappa shape index (κ2) is 6.11. The molecule has 1 amide bonds. The first-order chi connectivity index (χ1) is 9.38. The van der Waals surface area contributed by atoms with Gasteiger partial charge in [-0.3, -0.25) is 4.79 Å². The maximum Gasteiger partial charge on any atom is 0.221 e. The number of carbonyl (C=O) groups excluding carboxylic acids is 1. The third-order valence-corrected chi connectivity index (χ3v) is 5.47. The number of rotatable bonds is 4. The molecule has 1 atom stereocenters. The zero-order valence-corrected chi connectivity index (χ0v) is 12.5. The molecule has 1 aliphatic rings. The van der Waals surface area contributed by atoms with E-state index in [9.17, 15) is 13.2 Å². The molecule has 2 N–H and O–H groups in total. The van der Waals surface area contributed by atoms with Gasteiger partial charge in [0.15, 0.2) is 0 Å². The van der Waals surface area contributed by atoms with Crippen LogP contribution in [-0.4, -0.2) is 31.7 Å². The minimum atomic E-state index is -3.45. The maximum absolute atomic E-state index is 12.4. The van der Waals surface area contributed by atoms with Crippen LogP contribution >= 0.6 is 11.6 Å². The molecule has 0 spiro atoms. The summed E-state index contributed by atoms with van der Waals surface area (Å²) in [5.74, 6) is -0.940. The van der Waals surface area contributed by atoms with Crippen LogP contribution in [0.3, 0.4) is 0 Å². The number of carbonyl (C=O) groups is 1. The Balaban J connectivity index is 2.12. The first kappa shape index (κ1) is 15.3. The topological polar surface area (TPSA) is 80.5 Å². The molecular formula is C13H17ClN2O3S. The van der Waals surface area contributed by atoms with Crippen LogP contribution in [0.15, 0.2) is 24.3 Å². The summed E-state index contributed by atoms with van der Waals surface area (Å²) < 4.78 is 26.1. The Morgan fingerprint density at radius 3 is 2.85 bits per heavy atom. The summed E-state index contributed by atoms with van der Waals surface area (Å²) in [6, 6.07) is 6.77. The van der Waals surface area contributed by atoms with Crippen LogP contribution in [0.25, 0.3) is 0 Å². The van der Waals surface area contributed by atoms with Crippen molar-refractivity contribution in [3.05, 3.63) is 34.9 Å². The first-order valence-electron chi connectivity index (χ1n) is 6.40. The van der Waals surface area contributed by atoms with E-state index in [-0.39, 0.29) is 12.3 Å². The molecule has 1 aliphatic heterocycles. The molecule has 5 nitrogen and oxygen atoms in total. The molecule has 0 bridgehead atoms. The average molecular weight is 317 g/mol. The highest BCUT2D eigenvalue weighted by atomic mass is 35.5. The minimum absolute atomic E-state index is 0.112. The number of nitrogens with zero attached hydrogens (tertiary/aromatic N) is 1. The molecule has 0 aromatic heterocycles. The van der Waals surface area contributed by atoms with Crippen molar-refractivity contribution in [2.75, 3.05) is 13.1 Å². The summed E-state index contributed by atoms with van der Waals surface area (Å²) in [7, 11) is -3.45. The predicted molar refractivity (Wildman–Crippen MR) is 77.6 cm³/mol. The highest BCUT2D eigenvalue weighted by molar-refractivity contribution is 7.88. The fraction of sp³-hybridized carbons (Fsp3) is 0.462. The largest absolute Gasteiger partial charge is 0.369 e. The van der Waals surface area contributed by atoms with Gasteiger partial charge in [0, 0.05) is 18.1 Å². The smallest absolute Gasteiger partial charge is 0.221 e. The van der Waals surface area contributed by atoms with E-state index in [1.807, 2.05) is 0 Å². The minimum Gasteiger partial charge on any atom is -0.369 e. The molecule has 0 saturated carbocycles. The Kier molecular flexibility index (Phi) is 4.67. The first-order valence-corrected chi connectivity index (χ1v) is 8.39. The molecule has 1 aromatic rings. The summed E-state index contributed by atoms with van der Waals surface area (Å²) in [5, 5.41) is 0.506. The van der Waals surface area contributed by atoms with Gasteiger partial charge < -0.3 is 5.73 Å². The van der Waals surface area contributed by atoms with E-state index >= 15 is 0 Å². The van der Waals surface area contributed by atoms with Gasteiger partial charge in [-0.05, 0) is 30.5 Å². The van der Waals surface area contributed by atoms with Crippen molar-refractivity contribution in [3.8, 4) is 0 Å². The average Bonchev–Trinajstić information content (AvgIpc) is 2.38. The Bertz CT molecular complexity index is 603. The third-order valence-electron chi connectivity index (χ3n) is 3.42. The van der Waals surface area contributed by atoms with E-state index in [0.717, 1.165) is 0 Å². The van der Waals surface area contributed by atoms with Crippen molar-refractivity contribution >= 4 is 27.5 Å². The van der Waals surface area contributed by atoms with Crippen LogP contribution in [0.5, 0.6) is 0 Å². The number of amides is 1. The normalized spacial score (nSPS) is 20.8. The standard InChI is InChI=1S/C13H17ClN2O3S/c14-12-5-1-3-10(7-12)9-20(18,19)16-6-2-4-11(8-16)13(15)17/h1,3,5,7,11H,2,4,6,8-9H2,(H2,15,17). The molecule has 2 rings (SSSR count). The molecule has 1 unspecified atom stereocenters. The molecule has 1 aromatic carbocycles. The van der Waals surface area contributed by atoms with E-state index in [1.165, 1.54) is 4.31 Å². The van der Waals surface area contributed by atoms with Gasteiger partial charge in [-0.1, -0.05) is 23.7 Å². The summed E-state index contributed by atoms with van der Waals surface area (Å²) in [6.07, 6.45) is 1.31. The summed E-state index contributed by atoms with van der Waals surface area (Å²) in [4.78, 5) is 11.2. The Morgan fingerprint density at radius 2 is 2.20 bits per heavy atom. The van der Waals surface area contributed by atoms with E-state index in [2.05, 4.69) is 0 Å². The SMILES string of the molecule is NC(=O)C1CCCN(S(=O)(=O)Cc2cccc(Cl)c2)C1. The summed E-state index contributed by atoms with van der Waals surface area (Å²) in [6.45, 7) is 0.616. The van der Waals surface area contributed by atoms with E-state index in [4.69, 9.17) is 17.3 Å². The van der Waals surface area contributed by atoms with Crippen LogP contribution in [-0.2, 0) is 20.6 Å². The predicted octanol–water partition coefficient (Wildman–Crippen LogP) is 1.37. The van der Waals surface area contributed by atoms with Crippen molar-refractivity contribution in [2.24, 2.45) is 11.7 Å². The molecule has 0 aliphatic carbocycles. The van der Waals surface area contributed by atoms with Crippen LogP contribution in [0.4, 0.5) is 0 Å². The van der Waals surface area contributed by atoms with Crippen LogP contribution in [0.1, 0.15) is 18.4 Å². The Morgan fingerprint density at radius 1 is 1.45 bits per heavy atom. The molecule has 0 radical (unpaired) electrons. The van der Waals surface area contributed by atoms with Gasteiger partial charge >= 0.3 is 0 Å². The van der Waals surface area contributed by atoms with Crippen molar-refractivity contribution in [1.82, 2.24) is 4.31 Å².